The number of hydrogen-bond acceptors (Lipinski definition) is 6. The number of halogens is 3. The van der Waals surface area contributed by atoms with E-state index in [0.29, 0.717) is 38.2 Å². The van der Waals surface area contributed by atoms with Crippen molar-refractivity contribution in [1.82, 2.24) is 20.2 Å². The number of likely N-dealkylation sites (tertiary alicyclic amines) is 1. The molecule has 0 unspecified atom stereocenters. The van der Waals surface area contributed by atoms with Crippen LogP contribution in [0.2, 0.25) is 0 Å². The number of nitrogens with one attached hydrogen (secondary N) is 3. The van der Waals surface area contributed by atoms with E-state index in [9.17, 15) is 18.0 Å². The molecule has 0 atom stereocenters. The van der Waals surface area contributed by atoms with Gasteiger partial charge in [-0.2, -0.15) is 18.2 Å². The molecule has 0 saturated carbocycles. The van der Waals surface area contributed by atoms with Crippen LogP contribution in [0.15, 0.2) is 30.5 Å². The highest BCUT2D eigenvalue weighted by atomic mass is 19.4. The third kappa shape index (κ3) is 5.82. The molecule has 1 aliphatic heterocycles. The minimum Gasteiger partial charge on any atom is -0.369 e. The van der Waals surface area contributed by atoms with Gasteiger partial charge in [-0.25, -0.2) is 4.98 Å². The molecule has 1 fully saturated rings. The van der Waals surface area contributed by atoms with Crippen molar-refractivity contribution in [3.05, 3.63) is 41.6 Å². The lowest BCUT2D eigenvalue weighted by atomic mass is 10.2. The number of hydrogen-bond donors (Lipinski definition) is 3. The van der Waals surface area contributed by atoms with Crippen LogP contribution in [0.3, 0.4) is 0 Å². The van der Waals surface area contributed by atoms with Gasteiger partial charge >= 0.3 is 6.18 Å². The molecule has 1 amide bonds. The molecular weight excluding hydrogens is 397 g/mol. The van der Waals surface area contributed by atoms with Crippen LogP contribution in [-0.4, -0.2) is 47.5 Å². The Kier molecular flexibility index (Phi) is 7.09. The van der Waals surface area contributed by atoms with Gasteiger partial charge < -0.3 is 20.9 Å². The Morgan fingerprint density at radius 2 is 1.97 bits per heavy atom. The van der Waals surface area contributed by atoms with Crippen molar-refractivity contribution >= 4 is 23.4 Å². The molecule has 0 bridgehead atoms. The van der Waals surface area contributed by atoms with Crippen molar-refractivity contribution in [2.45, 2.75) is 32.0 Å². The number of rotatable bonds is 9. The van der Waals surface area contributed by atoms with Crippen molar-refractivity contribution in [2.24, 2.45) is 0 Å². The molecule has 1 aromatic carbocycles. The summed E-state index contributed by atoms with van der Waals surface area (Å²) in [6.07, 6.45) is -1.88. The summed E-state index contributed by atoms with van der Waals surface area (Å²) in [6, 6.07) is 7.44. The van der Waals surface area contributed by atoms with E-state index in [1.165, 1.54) is 0 Å². The number of nitrogens with zero attached hydrogens (tertiary/aromatic N) is 3. The Balaban J connectivity index is 1.66. The molecule has 0 aliphatic carbocycles. The second kappa shape index (κ2) is 9.75. The molecule has 3 N–H and O–H groups in total. The van der Waals surface area contributed by atoms with Gasteiger partial charge in [0.1, 0.15) is 11.4 Å². The molecule has 162 valence electrons. The van der Waals surface area contributed by atoms with E-state index in [2.05, 4.69) is 25.9 Å². The zero-order valence-corrected chi connectivity index (χ0v) is 16.7. The zero-order chi connectivity index (χ0) is 21.6. The Bertz CT molecular complexity index is 857. The lowest BCUT2D eigenvalue weighted by Gasteiger charge is -2.17. The highest BCUT2D eigenvalue weighted by Crippen LogP contribution is 2.34. The molecule has 1 aromatic heterocycles. The molecule has 3 rings (SSSR count). The van der Waals surface area contributed by atoms with Gasteiger partial charge in [0.05, 0.1) is 0 Å². The zero-order valence-electron chi connectivity index (χ0n) is 16.7. The van der Waals surface area contributed by atoms with E-state index in [0.717, 1.165) is 18.2 Å². The Morgan fingerprint density at radius 1 is 1.20 bits per heavy atom. The highest BCUT2D eigenvalue weighted by Gasteiger charge is 2.35. The van der Waals surface area contributed by atoms with E-state index >= 15 is 0 Å². The van der Waals surface area contributed by atoms with Crippen LogP contribution in [0.1, 0.15) is 30.4 Å². The van der Waals surface area contributed by atoms with E-state index < -0.39 is 11.7 Å². The number of aromatic nitrogens is 2. The van der Waals surface area contributed by atoms with Crippen LogP contribution in [0.25, 0.3) is 0 Å². The van der Waals surface area contributed by atoms with Crippen LogP contribution in [0.5, 0.6) is 0 Å². The van der Waals surface area contributed by atoms with Gasteiger partial charge in [0.2, 0.25) is 11.9 Å². The Hall–Kier alpha value is -2.88. The number of alkyl halides is 3. The van der Waals surface area contributed by atoms with Crippen molar-refractivity contribution < 1.29 is 18.0 Å². The van der Waals surface area contributed by atoms with Gasteiger partial charge in [0.15, 0.2) is 0 Å². The van der Waals surface area contributed by atoms with Gasteiger partial charge in [-0.15, -0.1) is 0 Å². The maximum atomic E-state index is 13.3. The van der Waals surface area contributed by atoms with Gasteiger partial charge in [-0.1, -0.05) is 12.1 Å². The second-order valence-electron chi connectivity index (χ2n) is 7.07. The standard InChI is InChI=1S/C20H25F3N6O/c1-24-12-14-5-7-15(8-6-14)27-19-26-13-16(20(21,22)23)18(28-19)25-9-3-11-29-10-2-4-17(29)30/h5-8,13,24H,2-4,9-12H2,1H3,(H2,25,26,27,28). The summed E-state index contributed by atoms with van der Waals surface area (Å²) in [7, 11) is 1.85. The SMILES string of the molecule is CNCc1ccc(Nc2ncc(C(F)(F)F)c(NCCCN3CCCC3=O)n2)cc1. The molecule has 2 heterocycles. The molecular formula is C20H25F3N6O. The Labute approximate surface area is 173 Å². The van der Waals surface area contributed by atoms with Crippen LogP contribution in [0.4, 0.5) is 30.6 Å². The van der Waals surface area contributed by atoms with E-state index in [4.69, 9.17) is 0 Å². The third-order valence-corrected chi connectivity index (χ3v) is 4.75. The Morgan fingerprint density at radius 3 is 2.60 bits per heavy atom. The van der Waals surface area contributed by atoms with E-state index in [1.807, 2.05) is 31.3 Å². The first kappa shape index (κ1) is 21.8. The summed E-state index contributed by atoms with van der Waals surface area (Å²) in [5, 5.41) is 8.73. The van der Waals surface area contributed by atoms with Crippen molar-refractivity contribution in [3.8, 4) is 0 Å². The van der Waals surface area contributed by atoms with Crippen LogP contribution >= 0.6 is 0 Å². The summed E-state index contributed by atoms with van der Waals surface area (Å²) in [4.78, 5) is 21.2. The van der Waals surface area contributed by atoms with Gasteiger partial charge in [0, 0.05) is 44.5 Å². The van der Waals surface area contributed by atoms with Crippen LogP contribution in [0, 0.1) is 0 Å². The topological polar surface area (TPSA) is 82.2 Å². The highest BCUT2D eigenvalue weighted by molar-refractivity contribution is 5.78. The fourth-order valence-corrected chi connectivity index (χ4v) is 3.24. The smallest absolute Gasteiger partial charge is 0.369 e. The third-order valence-electron chi connectivity index (χ3n) is 4.75. The molecule has 7 nitrogen and oxygen atoms in total. The lowest BCUT2D eigenvalue weighted by molar-refractivity contribution is -0.137. The number of anilines is 3. The minimum absolute atomic E-state index is 0.0709. The second-order valence-corrected chi connectivity index (χ2v) is 7.07. The quantitative estimate of drug-likeness (QED) is 0.538. The molecule has 1 aliphatic rings. The van der Waals surface area contributed by atoms with Gasteiger partial charge in [-0.3, -0.25) is 4.79 Å². The summed E-state index contributed by atoms with van der Waals surface area (Å²) < 4.78 is 40.0. The van der Waals surface area contributed by atoms with E-state index in [1.54, 1.807) is 4.90 Å². The summed E-state index contributed by atoms with van der Waals surface area (Å²) in [5.41, 5.74) is 0.831. The number of amides is 1. The van der Waals surface area contributed by atoms with Crippen molar-refractivity contribution in [1.29, 1.82) is 0 Å². The molecule has 10 heteroatoms. The minimum atomic E-state index is -4.57. The summed E-state index contributed by atoms with van der Waals surface area (Å²) in [6.45, 7) is 2.21. The van der Waals surface area contributed by atoms with Crippen molar-refractivity contribution in [2.75, 3.05) is 37.3 Å². The lowest BCUT2D eigenvalue weighted by Crippen LogP contribution is -2.27. The number of carbonyl (C=O) groups excluding carboxylic acids is 1. The van der Waals surface area contributed by atoms with Gasteiger partial charge in [0.25, 0.3) is 0 Å². The first-order chi connectivity index (χ1) is 14.4. The van der Waals surface area contributed by atoms with Crippen molar-refractivity contribution in [3.63, 3.8) is 0 Å². The molecule has 30 heavy (non-hydrogen) atoms. The monoisotopic (exact) mass is 422 g/mol. The maximum absolute atomic E-state index is 13.3. The predicted octanol–water partition coefficient (Wildman–Crippen LogP) is 3.38. The fraction of sp³-hybridized carbons (Fsp3) is 0.450. The molecule has 1 saturated heterocycles. The van der Waals surface area contributed by atoms with Gasteiger partial charge in [-0.05, 0) is 37.6 Å². The average molecular weight is 422 g/mol. The fourth-order valence-electron chi connectivity index (χ4n) is 3.24. The summed E-state index contributed by atoms with van der Waals surface area (Å²) in [5.74, 6) is -0.110. The number of benzene rings is 1. The predicted molar refractivity (Wildman–Crippen MR) is 108 cm³/mol. The normalized spacial score (nSPS) is 14.3. The first-order valence-corrected chi connectivity index (χ1v) is 9.83. The largest absolute Gasteiger partial charge is 0.421 e. The molecule has 0 spiro atoms. The van der Waals surface area contributed by atoms with Crippen LogP contribution < -0.4 is 16.0 Å². The van der Waals surface area contributed by atoms with E-state index in [-0.39, 0.29) is 24.2 Å². The first-order valence-electron chi connectivity index (χ1n) is 9.83. The summed E-state index contributed by atoms with van der Waals surface area (Å²) >= 11 is 0. The maximum Gasteiger partial charge on any atom is 0.421 e. The molecule has 0 radical (unpaired) electrons. The van der Waals surface area contributed by atoms with Crippen LogP contribution in [-0.2, 0) is 17.5 Å². The number of carbonyl (C=O) groups is 1. The average Bonchev–Trinajstić information content (AvgIpc) is 3.11. The molecule has 2 aromatic rings.